The fourth-order valence-electron chi connectivity index (χ4n) is 3.14. The summed E-state index contributed by atoms with van der Waals surface area (Å²) in [5.41, 5.74) is 1.06. The molecule has 0 radical (unpaired) electrons. The molecule has 0 saturated carbocycles. The van der Waals surface area contributed by atoms with E-state index in [1.807, 2.05) is 25.1 Å². The van der Waals surface area contributed by atoms with Crippen LogP contribution in [0, 0.1) is 0 Å². The van der Waals surface area contributed by atoms with Crippen LogP contribution in [0.3, 0.4) is 0 Å². The fourth-order valence-corrected chi connectivity index (χ4v) is 3.14. The largest absolute Gasteiger partial charge is 0.363 e. The number of anilines is 2. The highest BCUT2D eigenvalue weighted by Gasteiger charge is 2.26. The Hall–Kier alpha value is -2.28. The van der Waals surface area contributed by atoms with Crippen molar-refractivity contribution in [2.24, 2.45) is 0 Å². The summed E-state index contributed by atoms with van der Waals surface area (Å²) in [6.07, 6.45) is 5.79. The summed E-state index contributed by atoms with van der Waals surface area (Å²) < 4.78 is 0. The molecule has 0 N–H and O–H groups in total. The molecule has 7 nitrogen and oxygen atoms in total. The minimum atomic E-state index is 0.304. The Kier molecular flexibility index (Phi) is 5.43. The fraction of sp³-hybridized carbons (Fsp3) is 0.556. The zero-order chi connectivity index (χ0) is 17.8. The molecule has 25 heavy (non-hydrogen) atoms. The standard InChI is InChI=1S/C18H27N7/c1-23(2)13-15-11-16(24(3)4)22-17(21-15)14-7-5-10-25(12-14)18-19-8-6-9-20-18/h6,8-9,11,14H,5,7,10,12-13H2,1-4H3. The Morgan fingerprint density at radius 1 is 1.12 bits per heavy atom. The molecular formula is C18H27N7. The predicted octanol–water partition coefficient (Wildman–Crippen LogP) is 1.78. The molecule has 3 heterocycles. The maximum Gasteiger partial charge on any atom is 0.225 e. The third kappa shape index (κ3) is 4.42. The normalized spacial score (nSPS) is 17.8. The van der Waals surface area contributed by atoms with Crippen LogP contribution in [0.5, 0.6) is 0 Å². The van der Waals surface area contributed by atoms with Gasteiger partial charge in [0.15, 0.2) is 0 Å². The van der Waals surface area contributed by atoms with Gasteiger partial charge in [-0.3, -0.25) is 0 Å². The van der Waals surface area contributed by atoms with Gasteiger partial charge in [-0.25, -0.2) is 19.9 Å². The number of aromatic nitrogens is 4. The summed E-state index contributed by atoms with van der Waals surface area (Å²) in [4.78, 5) is 24.9. The van der Waals surface area contributed by atoms with Gasteiger partial charge in [-0.2, -0.15) is 0 Å². The molecule has 0 spiro atoms. The summed E-state index contributed by atoms with van der Waals surface area (Å²) in [5.74, 6) is 3.00. The molecule has 3 rings (SSSR count). The first kappa shape index (κ1) is 17.5. The van der Waals surface area contributed by atoms with Crippen molar-refractivity contribution >= 4 is 11.8 Å². The van der Waals surface area contributed by atoms with Gasteiger partial charge in [0, 0.05) is 58.1 Å². The van der Waals surface area contributed by atoms with Gasteiger partial charge >= 0.3 is 0 Å². The second-order valence-electron chi connectivity index (χ2n) is 7.04. The van der Waals surface area contributed by atoms with Crippen molar-refractivity contribution in [3.05, 3.63) is 36.0 Å². The van der Waals surface area contributed by atoms with Crippen LogP contribution in [0.2, 0.25) is 0 Å². The number of nitrogens with zero attached hydrogens (tertiary/aromatic N) is 7. The average molecular weight is 341 g/mol. The summed E-state index contributed by atoms with van der Waals surface area (Å²) in [7, 11) is 8.17. The quantitative estimate of drug-likeness (QED) is 0.821. The van der Waals surface area contributed by atoms with Crippen molar-refractivity contribution < 1.29 is 0 Å². The van der Waals surface area contributed by atoms with Crippen molar-refractivity contribution in [2.75, 3.05) is 51.1 Å². The third-order valence-electron chi connectivity index (χ3n) is 4.34. The SMILES string of the molecule is CN(C)Cc1cc(N(C)C)nc(C2CCCN(c3ncccn3)C2)n1. The molecule has 1 aliphatic rings. The van der Waals surface area contributed by atoms with Crippen molar-refractivity contribution in [3.8, 4) is 0 Å². The van der Waals surface area contributed by atoms with E-state index in [2.05, 4.69) is 39.9 Å². The topological polar surface area (TPSA) is 61.3 Å². The lowest BCUT2D eigenvalue weighted by atomic mass is 9.97. The van der Waals surface area contributed by atoms with Gasteiger partial charge in [0.1, 0.15) is 11.6 Å². The van der Waals surface area contributed by atoms with Crippen LogP contribution in [0.15, 0.2) is 24.5 Å². The molecule has 1 atom stereocenters. The first-order chi connectivity index (χ1) is 12.0. The van der Waals surface area contributed by atoms with E-state index < -0.39 is 0 Å². The Labute approximate surface area is 149 Å². The van der Waals surface area contributed by atoms with Crippen LogP contribution in [-0.4, -0.2) is 66.1 Å². The van der Waals surface area contributed by atoms with E-state index in [-0.39, 0.29) is 0 Å². The monoisotopic (exact) mass is 341 g/mol. The number of hydrogen-bond donors (Lipinski definition) is 0. The van der Waals surface area contributed by atoms with Gasteiger partial charge in [-0.1, -0.05) is 0 Å². The van der Waals surface area contributed by atoms with E-state index >= 15 is 0 Å². The lowest BCUT2D eigenvalue weighted by Gasteiger charge is -2.32. The Morgan fingerprint density at radius 2 is 1.88 bits per heavy atom. The minimum absolute atomic E-state index is 0.304. The number of rotatable bonds is 5. The third-order valence-corrected chi connectivity index (χ3v) is 4.34. The van der Waals surface area contributed by atoms with E-state index in [0.717, 1.165) is 55.8 Å². The molecule has 0 bridgehead atoms. The van der Waals surface area contributed by atoms with Gasteiger partial charge in [-0.15, -0.1) is 0 Å². The molecular weight excluding hydrogens is 314 g/mol. The first-order valence-corrected chi connectivity index (χ1v) is 8.75. The molecule has 0 aromatic carbocycles. The summed E-state index contributed by atoms with van der Waals surface area (Å²) in [6.45, 7) is 2.66. The Morgan fingerprint density at radius 3 is 2.56 bits per heavy atom. The molecule has 1 unspecified atom stereocenters. The number of hydrogen-bond acceptors (Lipinski definition) is 7. The maximum absolute atomic E-state index is 4.86. The predicted molar refractivity (Wildman–Crippen MR) is 100.0 cm³/mol. The highest BCUT2D eigenvalue weighted by atomic mass is 15.3. The van der Waals surface area contributed by atoms with Gasteiger partial charge in [0.05, 0.1) is 5.69 Å². The summed E-state index contributed by atoms with van der Waals surface area (Å²) in [6, 6.07) is 3.92. The van der Waals surface area contributed by atoms with E-state index in [1.54, 1.807) is 12.4 Å². The number of piperidine rings is 1. The molecule has 2 aromatic heterocycles. The minimum Gasteiger partial charge on any atom is -0.363 e. The van der Waals surface area contributed by atoms with E-state index in [4.69, 9.17) is 9.97 Å². The maximum atomic E-state index is 4.86. The summed E-state index contributed by atoms with van der Waals surface area (Å²) >= 11 is 0. The van der Waals surface area contributed by atoms with Crippen LogP contribution in [0.1, 0.15) is 30.3 Å². The van der Waals surface area contributed by atoms with Crippen molar-refractivity contribution in [1.29, 1.82) is 0 Å². The van der Waals surface area contributed by atoms with Crippen LogP contribution in [0.4, 0.5) is 11.8 Å². The second kappa shape index (κ2) is 7.74. The zero-order valence-electron chi connectivity index (χ0n) is 15.6. The molecule has 1 fully saturated rings. The molecule has 0 amide bonds. The molecule has 7 heteroatoms. The molecule has 2 aromatic rings. The highest BCUT2D eigenvalue weighted by Crippen LogP contribution is 2.28. The van der Waals surface area contributed by atoms with Crippen LogP contribution in [0.25, 0.3) is 0 Å². The van der Waals surface area contributed by atoms with Gasteiger partial charge in [0.2, 0.25) is 5.95 Å². The average Bonchev–Trinajstić information content (AvgIpc) is 2.62. The molecule has 1 aliphatic heterocycles. The zero-order valence-corrected chi connectivity index (χ0v) is 15.6. The van der Waals surface area contributed by atoms with Gasteiger partial charge in [-0.05, 0) is 33.0 Å². The van der Waals surface area contributed by atoms with Crippen molar-refractivity contribution in [1.82, 2.24) is 24.8 Å². The van der Waals surface area contributed by atoms with Crippen molar-refractivity contribution in [3.63, 3.8) is 0 Å². The summed E-state index contributed by atoms with van der Waals surface area (Å²) in [5, 5.41) is 0. The van der Waals surface area contributed by atoms with Gasteiger partial charge in [0.25, 0.3) is 0 Å². The lowest BCUT2D eigenvalue weighted by molar-refractivity contribution is 0.394. The second-order valence-corrected chi connectivity index (χ2v) is 7.04. The Balaban J connectivity index is 1.85. The first-order valence-electron chi connectivity index (χ1n) is 8.75. The molecule has 1 saturated heterocycles. The van der Waals surface area contributed by atoms with E-state index in [0.29, 0.717) is 5.92 Å². The van der Waals surface area contributed by atoms with E-state index in [9.17, 15) is 0 Å². The van der Waals surface area contributed by atoms with Crippen LogP contribution in [-0.2, 0) is 6.54 Å². The van der Waals surface area contributed by atoms with Crippen LogP contribution < -0.4 is 9.80 Å². The molecule has 134 valence electrons. The smallest absolute Gasteiger partial charge is 0.225 e. The highest BCUT2D eigenvalue weighted by molar-refractivity contribution is 5.39. The Bertz CT molecular complexity index is 687. The van der Waals surface area contributed by atoms with Crippen LogP contribution >= 0.6 is 0 Å². The van der Waals surface area contributed by atoms with E-state index in [1.165, 1.54) is 0 Å². The molecule has 0 aliphatic carbocycles. The lowest BCUT2D eigenvalue weighted by Crippen LogP contribution is -2.36. The van der Waals surface area contributed by atoms with Crippen molar-refractivity contribution in [2.45, 2.75) is 25.3 Å². The van der Waals surface area contributed by atoms with Gasteiger partial charge < -0.3 is 14.7 Å².